The van der Waals surface area contributed by atoms with Crippen LogP contribution in [0.2, 0.25) is 0 Å². The van der Waals surface area contributed by atoms with E-state index in [-0.39, 0.29) is 50.6 Å². The molecule has 0 amide bonds. The number of hydrogen-bond acceptors (Lipinski definition) is 6. The molecule has 0 aromatic carbocycles. The summed E-state index contributed by atoms with van der Waals surface area (Å²) in [6.07, 6.45) is -1.75. The van der Waals surface area contributed by atoms with Gasteiger partial charge in [0.2, 0.25) is 18.5 Å². The minimum atomic E-state index is -2.08. The molecule has 0 aliphatic heterocycles. The largest absolute Gasteiger partial charge is 2.00 e. The number of rotatable bonds is 0. The van der Waals surface area contributed by atoms with Gasteiger partial charge in [0.1, 0.15) is 0 Å². The molecule has 3 N–H and O–H groups in total. The van der Waals surface area contributed by atoms with Crippen LogP contribution in [0.4, 0.5) is 14.4 Å². The van der Waals surface area contributed by atoms with E-state index >= 15 is 0 Å². The average Bonchev–Trinajstić information content (AvgIpc) is 2.61. The van der Waals surface area contributed by atoms with Crippen molar-refractivity contribution in [2.24, 2.45) is 0 Å². The van der Waals surface area contributed by atoms with E-state index in [1.54, 1.807) is 0 Å². The first-order valence-corrected chi connectivity index (χ1v) is 3.40. The summed E-state index contributed by atoms with van der Waals surface area (Å²) in [7, 11) is 0. The van der Waals surface area contributed by atoms with Crippen molar-refractivity contribution in [3.8, 4) is 0 Å². The van der Waals surface area contributed by atoms with Crippen LogP contribution in [-0.4, -0.2) is 33.8 Å². The van der Waals surface area contributed by atoms with E-state index in [0.29, 0.717) is 0 Å². The standard InChI is InChI=1S/C3H6.3CH2O3.Na.Pt/c1-2-3-1;3*2-1(3)4;;/h1-3H2;3*(H2,2,3,4);;/q;;;;+1;+2/p-3. The van der Waals surface area contributed by atoms with E-state index in [4.69, 9.17) is 45.0 Å². The molecule has 0 spiro atoms. The molecule has 1 saturated carbocycles. The predicted octanol–water partition coefficient (Wildman–Crippen LogP) is -5.17. The van der Waals surface area contributed by atoms with Crippen LogP contribution in [0.1, 0.15) is 19.3 Å². The normalized spacial score (nSPS) is 8.47. The van der Waals surface area contributed by atoms with E-state index in [9.17, 15) is 0 Å². The Hall–Kier alpha value is -0.502. The van der Waals surface area contributed by atoms with Crippen molar-refractivity contribution >= 4 is 18.5 Å². The van der Waals surface area contributed by atoms with Gasteiger partial charge in [-0.1, -0.05) is 19.3 Å². The van der Waals surface area contributed by atoms with Crippen molar-refractivity contribution in [3.05, 3.63) is 0 Å². The van der Waals surface area contributed by atoms with Crippen LogP contribution in [0, 0.1) is 0 Å². The Kier molecular flexibility index (Phi) is 43.4. The smallest absolute Gasteiger partial charge is 0.565 e. The third-order valence-electron chi connectivity index (χ3n) is 0.354. The van der Waals surface area contributed by atoms with E-state index in [1.165, 1.54) is 19.3 Å². The fourth-order valence-electron chi connectivity index (χ4n) is 0. The van der Waals surface area contributed by atoms with Crippen LogP contribution >= 0.6 is 0 Å². The van der Waals surface area contributed by atoms with Gasteiger partial charge in [0, 0.05) is 0 Å². The fraction of sp³-hybridized carbons (Fsp3) is 0.500. The predicted molar refractivity (Wildman–Crippen MR) is 37.9 cm³/mol. The van der Waals surface area contributed by atoms with Crippen LogP contribution in [0.3, 0.4) is 0 Å². The van der Waals surface area contributed by atoms with Crippen molar-refractivity contribution in [2.75, 3.05) is 0 Å². The Morgan fingerprint density at radius 1 is 0.706 bits per heavy atom. The second-order valence-electron chi connectivity index (χ2n) is 1.86. The Morgan fingerprint density at radius 2 is 0.765 bits per heavy atom. The minimum absolute atomic E-state index is 0. The molecule has 0 aromatic rings. The summed E-state index contributed by atoms with van der Waals surface area (Å²) in [5, 5.41) is 45.9. The fourth-order valence-corrected chi connectivity index (χ4v) is 0. The first-order chi connectivity index (χ1) is 6.70. The first kappa shape index (κ1) is 30.0. The molecule has 1 aliphatic carbocycles. The maximum Gasteiger partial charge on any atom is 2.00 e. The maximum atomic E-state index is 8.44. The molecular weight excluding hydrogens is 434 g/mol. The Morgan fingerprint density at radius 3 is 0.765 bits per heavy atom. The molecule has 0 atom stereocenters. The summed E-state index contributed by atoms with van der Waals surface area (Å²) in [5.41, 5.74) is 0. The molecule has 11 heteroatoms. The number of carboxylic acid groups (broad SMARTS) is 6. The van der Waals surface area contributed by atoms with Gasteiger partial charge in [0.15, 0.2) is 0 Å². The van der Waals surface area contributed by atoms with E-state index in [1.807, 2.05) is 0 Å². The van der Waals surface area contributed by atoms with E-state index < -0.39 is 18.5 Å². The number of carbonyl (C=O) groups is 3. The van der Waals surface area contributed by atoms with Gasteiger partial charge in [0.25, 0.3) is 0 Å². The summed E-state index contributed by atoms with van der Waals surface area (Å²) in [6, 6.07) is 0. The Bertz CT molecular complexity index is 153. The summed E-state index contributed by atoms with van der Waals surface area (Å²) < 4.78 is 0. The van der Waals surface area contributed by atoms with Crippen molar-refractivity contribution < 1.29 is 95.6 Å². The Labute approximate surface area is 133 Å². The zero-order valence-electron chi connectivity index (χ0n) is 8.73. The molecule has 9 nitrogen and oxygen atoms in total. The molecule has 98 valence electrons. The van der Waals surface area contributed by atoms with Gasteiger partial charge >= 0.3 is 50.6 Å². The molecule has 0 saturated heterocycles. The van der Waals surface area contributed by atoms with Crippen LogP contribution in [0.25, 0.3) is 0 Å². The van der Waals surface area contributed by atoms with Crippen LogP contribution in [0.15, 0.2) is 0 Å². The molecule has 17 heavy (non-hydrogen) atoms. The third kappa shape index (κ3) is 11400. The van der Waals surface area contributed by atoms with Crippen LogP contribution < -0.4 is 44.9 Å². The van der Waals surface area contributed by atoms with Gasteiger partial charge in [-0.05, 0) is 0 Å². The zero-order valence-corrected chi connectivity index (χ0v) is 13.0. The SMILES string of the molecule is C1CC1.O=C([O-])O.O=C([O-])O.O=C([O-])O.[Na+].[Pt+2]. The van der Waals surface area contributed by atoms with Gasteiger partial charge in [-0.15, -0.1) is 0 Å². The Balaban J connectivity index is -0.0000000363. The second-order valence-corrected chi connectivity index (χ2v) is 1.86. The zero-order chi connectivity index (χ0) is 12.9. The first-order valence-electron chi connectivity index (χ1n) is 3.40. The van der Waals surface area contributed by atoms with Crippen molar-refractivity contribution in [1.82, 2.24) is 0 Å². The average molecular weight is 443 g/mol. The van der Waals surface area contributed by atoms with Gasteiger partial charge in [-0.25, -0.2) is 0 Å². The summed E-state index contributed by atoms with van der Waals surface area (Å²) in [4.78, 5) is 25.3. The van der Waals surface area contributed by atoms with Crippen molar-refractivity contribution in [3.63, 3.8) is 0 Å². The van der Waals surface area contributed by atoms with Crippen LogP contribution in [-0.2, 0) is 21.1 Å². The summed E-state index contributed by atoms with van der Waals surface area (Å²) in [6.45, 7) is 0. The van der Waals surface area contributed by atoms with Gasteiger partial charge in [-0.3, -0.25) is 0 Å². The maximum absolute atomic E-state index is 8.44. The molecule has 0 bridgehead atoms. The van der Waals surface area contributed by atoms with Gasteiger partial charge in [-0.2, -0.15) is 0 Å². The second kappa shape index (κ2) is 24.6. The topological polar surface area (TPSA) is 181 Å². The molecule has 1 fully saturated rings. The number of hydrogen-bond donors (Lipinski definition) is 3. The molecular formula is C6H9NaO9Pt. The van der Waals surface area contributed by atoms with E-state index in [0.717, 1.165) is 0 Å². The molecule has 0 radical (unpaired) electrons. The quantitative estimate of drug-likeness (QED) is 0.308. The summed E-state index contributed by atoms with van der Waals surface area (Å²) >= 11 is 0. The minimum Gasteiger partial charge on any atom is -0.565 e. The molecule has 0 unspecified atom stereocenters. The van der Waals surface area contributed by atoms with Gasteiger partial charge in [0.05, 0.1) is 0 Å². The third-order valence-corrected chi connectivity index (χ3v) is 0.354. The molecule has 0 aromatic heterocycles. The monoisotopic (exact) mass is 443 g/mol. The molecule has 1 rings (SSSR count). The van der Waals surface area contributed by atoms with Crippen LogP contribution in [0.5, 0.6) is 0 Å². The van der Waals surface area contributed by atoms with Crippen molar-refractivity contribution in [2.45, 2.75) is 19.3 Å². The summed E-state index contributed by atoms with van der Waals surface area (Å²) in [5.74, 6) is 0. The van der Waals surface area contributed by atoms with E-state index in [2.05, 4.69) is 0 Å². The van der Waals surface area contributed by atoms with Crippen molar-refractivity contribution in [1.29, 1.82) is 0 Å². The van der Waals surface area contributed by atoms with Gasteiger partial charge < -0.3 is 45.0 Å². The molecule has 0 heterocycles. The molecule has 1 aliphatic rings.